The number of benzene rings is 1. The summed E-state index contributed by atoms with van der Waals surface area (Å²) >= 11 is 3.38. The predicted octanol–water partition coefficient (Wildman–Crippen LogP) is 3.20. The van der Waals surface area contributed by atoms with Gasteiger partial charge in [-0.1, -0.05) is 35.0 Å². The van der Waals surface area contributed by atoms with E-state index in [1.807, 2.05) is 19.1 Å². The van der Waals surface area contributed by atoms with Crippen molar-refractivity contribution in [1.29, 1.82) is 0 Å². The number of sulfone groups is 1. The fourth-order valence-electron chi connectivity index (χ4n) is 1.52. The summed E-state index contributed by atoms with van der Waals surface area (Å²) in [5, 5.41) is 0.975. The zero-order valence-corrected chi connectivity index (χ0v) is 11.9. The highest BCUT2D eigenvalue weighted by atomic mass is 79.9. The molecule has 0 bridgehead atoms. The number of hydrogen-bond acceptors (Lipinski definition) is 2. The predicted molar refractivity (Wildman–Crippen MR) is 70.9 cm³/mol. The van der Waals surface area contributed by atoms with Crippen LogP contribution in [-0.2, 0) is 16.3 Å². The second-order valence-corrected chi connectivity index (χ2v) is 6.66. The van der Waals surface area contributed by atoms with E-state index in [9.17, 15) is 8.42 Å². The molecule has 0 aliphatic carbocycles. The van der Waals surface area contributed by atoms with Gasteiger partial charge in [0.1, 0.15) is 0 Å². The standard InChI is InChI=1S/C12H17BrO2S/c1-2-10-16(14,15)12-7-5-11(6-8-12)4-3-9-13/h5-8H,2-4,9-10H2,1H3. The quantitative estimate of drug-likeness (QED) is 0.756. The van der Waals surface area contributed by atoms with Crippen LogP contribution in [0.15, 0.2) is 29.2 Å². The summed E-state index contributed by atoms with van der Waals surface area (Å²) in [6.45, 7) is 1.88. The Hall–Kier alpha value is -0.350. The van der Waals surface area contributed by atoms with Crippen molar-refractivity contribution in [1.82, 2.24) is 0 Å². The number of alkyl halides is 1. The first kappa shape index (κ1) is 13.7. The van der Waals surface area contributed by atoms with E-state index >= 15 is 0 Å². The number of rotatable bonds is 6. The van der Waals surface area contributed by atoms with Crippen LogP contribution in [0.5, 0.6) is 0 Å². The van der Waals surface area contributed by atoms with Gasteiger partial charge in [0, 0.05) is 5.33 Å². The molecule has 0 N–H and O–H groups in total. The van der Waals surface area contributed by atoms with Crippen LogP contribution in [0.4, 0.5) is 0 Å². The van der Waals surface area contributed by atoms with E-state index in [2.05, 4.69) is 15.9 Å². The summed E-state index contributed by atoms with van der Waals surface area (Å²) < 4.78 is 23.5. The van der Waals surface area contributed by atoms with Gasteiger partial charge >= 0.3 is 0 Å². The molecule has 0 unspecified atom stereocenters. The van der Waals surface area contributed by atoms with Gasteiger partial charge in [-0.15, -0.1) is 0 Å². The van der Waals surface area contributed by atoms with E-state index in [1.54, 1.807) is 12.1 Å². The van der Waals surface area contributed by atoms with Crippen molar-refractivity contribution in [3.8, 4) is 0 Å². The third kappa shape index (κ3) is 3.91. The number of hydrogen-bond donors (Lipinski definition) is 0. The molecule has 0 radical (unpaired) electrons. The number of halogens is 1. The lowest BCUT2D eigenvalue weighted by Gasteiger charge is -2.04. The van der Waals surface area contributed by atoms with Gasteiger partial charge in [0.05, 0.1) is 10.6 Å². The molecule has 0 aliphatic heterocycles. The second-order valence-electron chi connectivity index (χ2n) is 3.76. The van der Waals surface area contributed by atoms with Crippen LogP contribution in [0.1, 0.15) is 25.3 Å². The molecular weight excluding hydrogens is 288 g/mol. The van der Waals surface area contributed by atoms with E-state index < -0.39 is 9.84 Å². The highest BCUT2D eigenvalue weighted by molar-refractivity contribution is 9.09. The van der Waals surface area contributed by atoms with Crippen molar-refractivity contribution >= 4 is 25.8 Å². The molecule has 2 nitrogen and oxygen atoms in total. The van der Waals surface area contributed by atoms with E-state index in [0.717, 1.165) is 18.2 Å². The first-order chi connectivity index (χ1) is 7.60. The summed E-state index contributed by atoms with van der Waals surface area (Å²) in [6, 6.07) is 7.25. The maximum atomic E-state index is 11.8. The van der Waals surface area contributed by atoms with Crippen LogP contribution in [-0.4, -0.2) is 19.5 Å². The maximum Gasteiger partial charge on any atom is 0.178 e. The summed E-state index contributed by atoms with van der Waals surface area (Å²) in [5.41, 5.74) is 1.19. The van der Waals surface area contributed by atoms with Crippen LogP contribution < -0.4 is 0 Å². The normalized spacial score (nSPS) is 11.6. The van der Waals surface area contributed by atoms with E-state index in [4.69, 9.17) is 0 Å². The Balaban J connectivity index is 2.78. The van der Waals surface area contributed by atoms with Gasteiger partial charge < -0.3 is 0 Å². The minimum Gasteiger partial charge on any atom is -0.224 e. The molecule has 0 aliphatic rings. The fourth-order valence-corrected chi connectivity index (χ4v) is 3.13. The minimum absolute atomic E-state index is 0.230. The molecule has 0 fully saturated rings. The van der Waals surface area contributed by atoms with Crippen molar-refractivity contribution in [2.45, 2.75) is 31.1 Å². The van der Waals surface area contributed by atoms with Gasteiger partial charge in [-0.25, -0.2) is 8.42 Å². The van der Waals surface area contributed by atoms with Gasteiger partial charge in [-0.3, -0.25) is 0 Å². The Kier molecular flexibility index (Phi) is 5.49. The average molecular weight is 305 g/mol. The molecule has 1 aromatic rings. The first-order valence-electron chi connectivity index (χ1n) is 5.48. The molecule has 1 rings (SSSR count). The van der Waals surface area contributed by atoms with Gasteiger partial charge in [-0.2, -0.15) is 0 Å². The molecular formula is C12H17BrO2S. The molecule has 0 saturated heterocycles. The van der Waals surface area contributed by atoms with Gasteiger partial charge in [0.25, 0.3) is 0 Å². The third-order valence-corrected chi connectivity index (χ3v) is 4.85. The smallest absolute Gasteiger partial charge is 0.178 e. The topological polar surface area (TPSA) is 34.1 Å². The molecule has 90 valence electrons. The SMILES string of the molecule is CCCS(=O)(=O)c1ccc(CCCBr)cc1. The van der Waals surface area contributed by atoms with Crippen LogP contribution in [0.3, 0.4) is 0 Å². The highest BCUT2D eigenvalue weighted by Gasteiger charge is 2.12. The highest BCUT2D eigenvalue weighted by Crippen LogP contribution is 2.14. The van der Waals surface area contributed by atoms with Gasteiger partial charge in [0.2, 0.25) is 0 Å². The van der Waals surface area contributed by atoms with Crippen LogP contribution in [0, 0.1) is 0 Å². The third-order valence-electron chi connectivity index (χ3n) is 2.35. The molecule has 0 aromatic heterocycles. The Bertz CT molecular complexity index is 409. The average Bonchev–Trinajstić information content (AvgIpc) is 2.27. The van der Waals surface area contributed by atoms with Gasteiger partial charge in [0.15, 0.2) is 9.84 Å². The lowest BCUT2D eigenvalue weighted by atomic mass is 10.1. The molecule has 0 spiro atoms. The molecule has 4 heteroatoms. The summed E-state index contributed by atoms with van der Waals surface area (Å²) in [5.74, 6) is 0.230. The van der Waals surface area contributed by atoms with Crippen LogP contribution in [0.25, 0.3) is 0 Å². The monoisotopic (exact) mass is 304 g/mol. The van der Waals surface area contributed by atoms with Crippen LogP contribution >= 0.6 is 15.9 Å². The Labute approximate surface area is 106 Å². The largest absolute Gasteiger partial charge is 0.224 e. The fraction of sp³-hybridized carbons (Fsp3) is 0.500. The van der Waals surface area contributed by atoms with Crippen LogP contribution in [0.2, 0.25) is 0 Å². The molecule has 0 saturated carbocycles. The van der Waals surface area contributed by atoms with Crippen molar-refractivity contribution < 1.29 is 8.42 Å². The molecule has 16 heavy (non-hydrogen) atoms. The van der Waals surface area contributed by atoms with E-state index in [1.165, 1.54) is 5.56 Å². The minimum atomic E-state index is -3.06. The maximum absolute atomic E-state index is 11.8. The summed E-state index contributed by atoms with van der Waals surface area (Å²) in [4.78, 5) is 0.442. The number of aryl methyl sites for hydroxylation is 1. The molecule has 0 atom stereocenters. The zero-order chi connectivity index (χ0) is 12.0. The van der Waals surface area contributed by atoms with Crippen molar-refractivity contribution in [2.75, 3.05) is 11.1 Å². The van der Waals surface area contributed by atoms with Crippen molar-refractivity contribution in [3.05, 3.63) is 29.8 Å². The van der Waals surface area contributed by atoms with E-state index in [-0.39, 0.29) is 5.75 Å². The lowest BCUT2D eigenvalue weighted by Crippen LogP contribution is -2.05. The zero-order valence-electron chi connectivity index (χ0n) is 9.45. The Morgan fingerprint density at radius 3 is 2.31 bits per heavy atom. The van der Waals surface area contributed by atoms with E-state index in [0.29, 0.717) is 11.3 Å². The summed E-state index contributed by atoms with van der Waals surface area (Å²) in [7, 11) is -3.06. The second kappa shape index (κ2) is 6.40. The summed E-state index contributed by atoms with van der Waals surface area (Å²) in [6.07, 6.45) is 2.72. The molecule has 0 amide bonds. The lowest BCUT2D eigenvalue weighted by molar-refractivity contribution is 0.594. The Morgan fingerprint density at radius 2 is 1.81 bits per heavy atom. The first-order valence-corrected chi connectivity index (χ1v) is 8.25. The van der Waals surface area contributed by atoms with Crippen molar-refractivity contribution in [3.63, 3.8) is 0 Å². The Morgan fingerprint density at radius 1 is 1.19 bits per heavy atom. The molecule has 0 heterocycles. The molecule has 1 aromatic carbocycles. The van der Waals surface area contributed by atoms with Crippen molar-refractivity contribution in [2.24, 2.45) is 0 Å². The van der Waals surface area contributed by atoms with Gasteiger partial charge in [-0.05, 0) is 37.0 Å².